The maximum absolute atomic E-state index is 15.3. The molecule has 2 aromatic rings. The Balaban J connectivity index is 1.41. The number of aliphatic hydroxyl groups excluding tert-OH is 5. The second-order valence-electron chi connectivity index (χ2n) is 28.7. The van der Waals surface area contributed by atoms with Crippen LogP contribution in [0.25, 0.3) is 0 Å². The summed E-state index contributed by atoms with van der Waals surface area (Å²) >= 11 is 0. The Morgan fingerprint density at radius 2 is 1.24 bits per heavy atom. The van der Waals surface area contributed by atoms with Crippen molar-refractivity contribution >= 4 is 82.8 Å². The molecule has 0 bridgehead atoms. The lowest BCUT2D eigenvalue weighted by molar-refractivity contribution is -0.166. The molecular formula is C74H109N13O22. The molecule has 4 fully saturated rings. The molecule has 0 aliphatic carbocycles. The summed E-state index contributed by atoms with van der Waals surface area (Å²) in [6.07, 6.45) is -9.64. The summed E-state index contributed by atoms with van der Waals surface area (Å²) in [5.74, 6) is -14.0. The average Bonchev–Trinajstić information content (AvgIpc) is 1.63. The van der Waals surface area contributed by atoms with Crippen LogP contribution in [-0.4, -0.2) is 271 Å². The predicted octanol–water partition coefficient (Wildman–Crippen LogP) is -3.04. The van der Waals surface area contributed by atoms with Gasteiger partial charge in [0.15, 0.2) is 6.10 Å². The molecule has 602 valence electrons. The van der Waals surface area contributed by atoms with Crippen LogP contribution in [-0.2, 0) is 84.7 Å². The van der Waals surface area contributed by atoms with Crippen molar-refractivity contribution < 1.29 is 107 Å². The Hall–Kier alpha value is -9.84. The third-order valence-corrected chi connectivity index (χ3v) is 20.2. The van der Waals surface area contributed by atoms with Crippen LogP contribution in [0.1, 0.15) is 143 Å². The zero-order valence-electron chi connectivity index (χ0n) is 63.2. The number of esters is 1. The Kier molecular flexibility index (Phi) is 33.6. The zero-order chi connectivity index (χ0) is 80.7. The molecule has 0 spiro atoms. The van der Waals surface area contributed by atoms with Gasteiger partial charge in [0, 0.05) is 52.9 Å². The number of primary amides is 1. The molecule has 4 aliphatic rings. The number of nitrogens with two attached hydrogens (primary N) is 1. The molecule has 16 N–H and O–H groups in total. The lowest BCUT2D eigenvalue weighted by Gasteiger charge is -2.33. The molecule has 6 rings (SSSR count). The molecule has 13 amide bonds. The first-order valence-electron chi connectivity index (χ1n) is 37.1. The topological polar surface area (TPSA) is 514 Å². The molecule has 4 aliphatic heterocycles. The molecule has 0 unspecified atom stereocenters. The lowest BCUT2D eigenvalue weighted by Crippen LogP contribution is -2.61. The fourth-order valence-corrected chi connectivity index (χ4v) is 13.6. The van der Waals surface area contributed by atoms with Gasteiger partial charge in [-0.3, -0.25) is 62.3 Å². The quantitative estimate of drug-likeness (QED) is 0.0388. The number of aromatic hydroxyl groups is 1. The zero-order valence-corrected chi connectivity index (χ0v) is 63.2. The molecule has 0 radical (unpaired) electrons. The monoisotopic (exact) mass is 1530 g/mol. The van der Waals surface area contributed by atoms with Crippen LogP contribution in [0.15, 0.2) is 60.3 Å². The number of phenolic OH excluding ortho intramolecular Hbond substituents is 1. The molecule has 4 saturated heterocycles. The Morgan fingerprint density at radius 3 is 1.81 bits per heavy atom. The van der Waals surface area contributed by atoms with E-state index in [4.69, 9.17) is 15.2 Å². The number of aliphatic hydroxyl groups is 5. The fourth-order valence-electron chi connectivity index (χ4n) is 13.6. The van der Waals surface area contributed by atoms with Crippen LogP contribution in [0.5, 0.6) is 11.5 Å². The highest BCUT2D eigenvalue weighted by Crippen LogP contribution is 2.28. The van der Waals surface area contributed by atoms with Gasteiger partial charge in [-0.15, -0.1) is 0 Å². The van der Waals surface area contributed by atoms with E-state index < -0.39 is 224 Å². The van der Waals surface area contributed by atoms with Crippen LogP contribution < -0.4 is 53.0 Å². The number of ether oxygens (including phenoxy) is 2. The van der Waals surface area contributed by atoms with E-state index in [-0.39, 0.29) is 82.7 Å². The van der Waals surface area contributed by atoms with Gasteiger partial charge in [0.05, 0.1) is 44.6 Å². The van der Waals surface area contributed by atoms with Crippen LogP contribution in [0, 0.1) is 11.8 Å². The Bertz CT molecular complexity index is 3580. The summed E-state index contributed by atoms with van der Waals surface area (Å²) in [6.45, 7) is 8.64. The summed E-state index contributed by atoms with van der Waals surface area (Å²) in [6, 6.07) is -2.98. The number of likely N-dealkylation sites (N-methyl/N-ethyl adjacent to an activating group) is 1. The van der Waals surface area contributed by atoms with E-state index in [0.717, 1.165) is 22.8 Å². The number of aryl methyl sites for hydroxylation is 1. The van der Waals surface area contributed by atoms with Crippen molar-refractivity contribution in [2.75, 3.05) is 46.9 Å². The summed E-state index contributed by atoms with van der Waals surface area (Å²) in [7, 11) is 2.80. The number of rotatable bonds is 23. The molecule has 35 nitrogen and oxygen atoms in total. The first-order chi connectivity index (χ1) is 51.6. The second-order valence-corrected chi connectivity index (χ2v) is 28.7. The smallest absolute Gasteiger partial charge is 0.329 e. The van der Waals surface area contributed by atoms with Gasteiger partial charge in [-0.2, -0.15) is 0 Å². The summed E-state index contributed by atoms with van der Waals surface area (Å²) in [4.78, 5) is 203. The SMILES string of the molecule is C/C=C1/NC(=O)[C@H](CO)NC(=O)[C@@H]([C@@H](C)CC)NC(=O)[C@@H]2CCCN2C(=O)[C@@H]2CCCN2C(=O)CNC(=O)[C@@H](CCC(N)=O)NC(=O)[C@@H](O)[C@@H](C[C@@H](O)C[C@H](OC(=O)[C@H](Cc2ccc(O)cc2)N(C)C(C)=O)[C@@H](O)CC(C)C)NC(=O)[C@@H]2CCCN2C(=O)[C@H](CCc2ccc(OC)cc2)NC(=O)[C@H]([C@@H](C)O)NC1=O. The number of amides is 13. The number of methoxy groups -OCH3 is 1. The highest BCUT2D eigenvalue weighted by atomic mass is 16.6. The second kappa shape index (κ2) is 41.6. The molecule has 0 aromatic heterocycles. The maximum atomic E-state index is 15.3. The number of nitrogens with one attached hydrogen (secondary N) is 8. The van der Waals surface area contributed by atoms with E-state index in [1.165, 1.54) is 62.1 Å². The molecule has 16 atom stereocenters. The van der Waals surface area contributed by atoms with Crippen LogP contribution in [0.2, 0.25) is 0 Å². The van der Waals surface area contributed by atoms with Gasteiger partial charge >= 0.3 is 5.97 Å². The minimum Gasteiger partial charge on any atom is -0.508 e. The average molecular weight is 1530 g/mol. The van der Waals surface area contributed by atoms with E-state index in [1.807, 2.05) is 0 Å². The molecule has 35 heteroatoms. The van der Waals surface area contributed by atoms with Gasteiger partial charge < -0.3 is 108 Å². The summed E-state index contributed by atoms with van der Waals surface area (Å²) < 4.78 is 11.3. The van der Waals surface area contributed by atoms with Crippen molar-refractivity contribution in [3.8, 4) is 11.5 Å². The van der Waals surface area contributed by atoms with Crippen LogP contribution in [0.3, 0.4) is 0 Å². The standard InChI is InChI=1S/C74H109N13O22/c1-10-40(5)61-69(102)81-52(38-88)66(99)77-48(11-2)65(98)83-62(41(6)89)70(103)79-50(27-22-43-20-25-47(108-9)26-21-43)72(105)86-31-12-15-53(86)67(100)80-51(35-46(92)36-58(57(93)33-39(3)4)109-74(107)56(84(8)42(7)90)34-44-18-23-45(91)24-19-44)63(96)71(104)78-49(28-29-59(75)94)64(97)76-37-60(95)85-30-14-17-55(85)73(106)87-32-13-16-54(87)68(101)82-61/h11,18-21,23-26,39-41,46,49-58,61-63,88-89,91-93,96H,10,12-17,22,27-38H2,1-9H3,(H2,75,94)(H,76,97)(H,77,99)(H,78,104)(H,79,103)(H,80,100)(H,81,102)(H,82,101)(H,83,98)/b48-11+/t40-,41+,46+,49+,50-,51+,52-,53-,54-,55-,56-,57-,58-,61+,62-,63-/m0/s1. The van der Waals surface area contributed by atoms with Crippen molar-refractivity contribution in [2.24, 2.45) is 17.6 Å². The van der Waals surface area contributed by atoms with Gasteiger partial charge in [-0.05, 0) is 132 Å². The number of allylic oxidation sites excluding steroid dienone is 1. The molecule has 2 aromatic carbocycles. The number of fused-ring (bicyclic) bond motifs is 3. The van der Waals surface area contributed by atoms with Crippen molar-refractivity contribution in [3.63, 3.8) is 0 Å². The highest BCUT2D eigenvalue weighted by Gasteiger charge is 2.46. The Labute approximate surface area is 632 Å². The van der Waals surface area contributed by atoms with E-state index in [0.29, 0.717) is 36.1 Å². The van der Waals surface area contributed by atoms with E-state index in [9.17, 15) is 88.2 Å². The normalized spacial score (nSPS) is 25.8. The van der Waals surface area contributed by atoms with E-state index in [2.05, 4.69) is 42.5 Å². The summed E-state index contributed by atoms with van der Waals surface area (Å²) in [5.41, 5.74) is 6.12. The predicted molar refractivity (Wildman–Crippen MR) is 389 cm³/mol. The first kappa shape index (κ1) is 88.1. The van der Waals surface area contributed by atoms with Gasteiger partial charge in [0.1, 0.15) is 77.7 Å². The molecule has 0 saturated carbocycles. The van der Waals surface area contributed by atoms with Crippen molar-refractivity contribution in [1.29, 1.82) is 0 Å². The molecule has 4 heterocycles. The highest BCUT2D eigenvalue weighted by molar-refractivity contribution is 6.03. The number of carbonyl (C=O) groups excluding carboxylic acids is 14. The van der Waals surface area contributed by atoms with Gasteiger partial charge in [-0.25, -0.2) is 4.79 Å². The minimum absolute atomic E-state index is 0.0222. The largest absolute Gasteiger partial charge is 0.508 e. The van der Waals surface area contributed by atoms with Crippen molar-refractivity contribution in [1.82, 2.24) is 62.1 Å². The number of hydrogen-bond donors (Lipinski definition) is 15. The molecule has 109 heavy (non-hydrogen) atoms. The number of carbonyl (C=O) groups is 14. The number of nitrogens with zero attached hydrogens (tertiary/aromatic N) is 4. The van der Waals surface area contributed by atoms with Gasteiger partial charge in [0.25, 0.3) is 11.8 Å². The number of phenols is 1. The third kappa shape index (κ3) is 24.8. The number of benzene rings is 2. The molecular weight excluding hydrogens is 1420 g/mol. The third-order valence-electron chi connectivity index (χ3n) is 20.2. The lowest BCUT2D eigenvalue weighted by atomic mass is 9.93. The van der Waals surface area contributed by atoms with E-state index in [1.54, 1.807) is 52.0 Å². The Morgan fingerprint density at radius 1 is 0.670 bits per heavy atom. The van der Waals surface area contributed by atoms with Crippen LogP contribution in [0.4, 0.5) is 0 Å². The van der Waals surface area contributed by atoms with Gasteiger partial charge in [0.2, 0.25) is 65.0 Å². The van der Waals surface area contributed by atoms with Gasteiger partial charge in [-0.1, -0.05) is 64.5 Å². The summed E-state index contributed by atoms with van der Waals surface area (Å²) in [5, 5.41) is 87.7. The van der Waals surface area contributed by atoms with Crippen molar-refractivity contribution in [3.05, 3.63) is 71.4 Å². The number of hydrogen-bond acceptors (Lipinski definition) is 22. The maximum Gasteiger partial charge on any atom is 0.329 e. The fraction of sp³-hybridized carbons (Fsp3) is 0.622. The van der Waals surface area contributed by atoms with Crippen molar-refractivity contribution in [2.45, 2.75) is 236 Å². The van der Waals surface area contributed by atoms with Crippen LogP contribution >= 0.6 is 0 Å². The van der Waals surface area contributed by atoms with E-state index >= 15 is 9.59 Å². The minimum atomic E-state index is -2.47. The first-order valence-corrected chi connectivity index (χ1v) is 37.1.